The van der Waals surface area contributed by atoms with Gasteiger partial charge in [0.25, 0.3) is 0 Å². The standard InChI is InChI=1S/C14H23N3O4/c1-21-9-14(6-2-3-7-14)8-15-12(19)10-4-5-11(18)17-13(20)16-10/h10H,2-9H2,1H3,(H,15,19)(H2,16,17,18,20)/t10-/m1/s1. The lowest BCUT2D eigenvalue weighted by atomic mass is 9.87. The van der Waals surface area contributed by atoms with E-state index >= 15 is 0 Å². The van der Waals surface area contributed by atoms with Crippen LogP contribution in [0.5, 0.6) is 0 Å². The van der Waals surface area contributed by atoms with Gasteiger partial charge in [0.05, 0.1) is 6.61 Å². The maximum absolute atomic E-state index is 12.2. The molecule has 0 aromatic carbocycles. The van der Waals surface area contributed by atoms with Crippen LogP contribution in [-0.4, -0.2) is 44.1 Å². The summed E-state index contributed by atoms with van der Waals surface area (Å²) >= 11 is 0. The maximum Gasteiger partial charge on any atom is 0.322 e. The van der Waals surface area contributed by atoms with Crippen molar-refractivity contribution in [1.29, 1.82) is 0 Å². The third-order valence-electron chi connectivity index (χ3n) is 4.29. The van der Waals surface area contributed by atoms with E-state index in [9.17, 15) is 14.4 Å². The summed E-state index contributed by atoms with van der Waals surface area (Å²) in [5.74, 6) is -0.586. The fraction of sp³-hybridized carbons (Fsp3) is 0.786. The Morgan fingerprint density at radius 1 is 1.38 bits per heavy atom. The molecule has 1 heterocycles. The summed E-state index contributed by atoms with van der Waals surface area (Å²) in [7, 11) is 1.67. The number of methoxy groups -OCH3 is 1. The molecule has 7 heteroatoms. The van der Waals surface area contributed by atoms with E-state index in [4.69, 9.17) is 4.74 Å². The fourth-order valence-corrected chi connectivity index (χ4v) is 3.13. The first-order valence-electron chi connectivity index (χ1n) is 7.42. The Morgan fingerprint density at radius 2 is 2.10 bits per heavy atom. The Morgan fingerprint density at radius 3 is 2.76 bits per heavy atom. The fourth-order valence-electron chi connectivity index (χ4n) is 3.13. The molecule has 1 saturated heterocycles. The number of hydrogen-bond acceptors (Lipinski definition) is 4. The van der Waals surface area contributed by atoms with Gasteiger partial charge in [-0.3, -0.25) is 14.9 Å². The van der Waals surface area contributed by atoms with Gasteiger partial charge in [0.1, 0.15) is 6.04 Å². The molecule has 21 heavy (non-hydrogen) atoms. The van der Waals surface area contributed by atoms with Gasteiger partial charge in [0, 0.05) is 25.5 Å². The summed E-state index contributed by atoms with van der Waals surface area (Å²) in [6, 6.07) is -1.26. The minimum absolute atomic E-state index is 0.00716. The first-order chi connectivity index (χ1) is 10.0. The smallest absolute Gasteiger partial charge is 0.322 e. The van der Waals surface area contributed by atoms with Gasteiger partial charge in [-0.2, -0.15) is 0 Å². The molecular weight excluding hydrogens is 274 g/mol. The molecule has 1 saturated carbocycles. The van der Waals surface area contributed by atoms with Crippen molar-refractivity contribution in [2.24, 2.45) is 5.41 Å². The normalized spacial score (nSPS) is 24.9. The van der Waals surface area contributed by atoms with E-state index in [0.717, 1.165) is 25.7 Å². The van der Waals surface area contributed by atoms with Gasteiger partial charge >= 0.3 is 6.03 Å². The molecule has 0 spiro atoms. The minimum Gasteiger partial charge on any atom is -0.384 e. The largest absolute Gasteiger partial charge is 0.384 e. The first kappa shape index (κ1) is 15.8. The number of urea groups is 1. The molecule has 2 fully saturated rings. The van der Waals surface area contributed by atoms with Crippen LogP contribution in [0.1, 0.15) is 38.5 Å². The number of ether oxygens (including phenoxy) is 1. The zero-order valence-electron chi connectivity index (χ0n) is 12.4. The molecular formula is C14H23N3O4. The number of amides is 4. The van der Waals surface area contributed by atoms with Gasteiger partial charge in [-0.1, -0.05) is 12.8 Å². The first-order valence-corrected chi connectivity index (χ1v) is 7.42. The molecule has 4 amide bonds. The quantitative estimate of drug-likeness (QED) is 0.680. The van der Waals surface area contributed by atoms with Gasteiger partial charge in [-0.25, -0.2) is 4.79 Å². The highest BCUT2D eigenvalue weighted by molar-refractivity contribution is 5.98. The molecule has 0 aromatic rings. The Balaban J connectivity index is 1.88. The van der Waals surface area contributed by atoms with Gasteiger partial charge in [0.2, 0.25) is 11.8 Å². The molecule has 3 N–H and O–H groups in total. The van der Waals surface area contributed by atoms with Crippen molar-refractivity contribution >= 4 is 17.8 Å². The molecule has 0 aromatic heterocycles. The topological polar surface area (TPSA) is 96.5 Å². The van der Waals surface area contributed by atoms with Crippen LogP contribution in [0, 0.1) is 5.41 Å². The van der Waals surface area contributed by atoms with Gasteiger partial charge in [-0.15, -0.1) is 0 Å². The monoisotopic (exact) mass is 297 g/mol. The number of nitrogens with one attached hydrogen (secondary N) is 3. The second-order valence-corrected chi connectivity index (χ2v) is 5.97. The molecule has 1 aliphatic heterocycles. The summed E-state index contributed by atoms with van der Waals surface area (Å²) in [6.07, 6.45) is 4.87. The van der Waals surface area contributed by atoms with Gasteiger partial charge in [-0.05, 0) is 19.3 Å². The molecule has 0 bridgehead atoms. The second-order valence-electron chi connectivity index (χ2n) is 5.97. The van der Waals surface area contributed by atoms with E-state index in [-0.39, 0.29) is 23.7 Å². The Bertz CT molecular complexity index is 418. The summed E-state index contributed by atoms with van der Waals surface area (Å²) in [5, 5.41) is 7.59. The van der Waals surface area contributed by atoms with Crippen molar-refractivity contribution in [3.63, 3.8) is 0 Å². The zero-order valence-corrected chi connectivity index (χ0v) is 12.4. The van der Waals surface area contributed by atoms with Crippen LogP contribution < -0.4 is 16.0 Å². The van der Waals surface area contributed by atoms with Crippen molar-refractivity contribution in [3.8, 4) is 0 Å². The Kier molecular flexibility index (Phi) is 5.17. The third kappa shape index (κ3) is 4.17. The number of hydrogen-bond donors (Lipinski definition) is 3. The summed E-state index contributed by atoms with van der Waals surface area (Å²) < 4.78 is 5.28. The van der Waals surface area contributed by atoms with Crippen molar-refractivity contribution in [3.05, 3.63) is 0 Å². The Labute approximate surface area is 124 Å². The summed E-state index contributed by atoms with van der Waals surface area (Å²) in [4.78, 5) is 34.8. The summed E-state index contributed by atoms with van der Waals surface area (Å²) in [6.45, 7) is 1.18. The lowest BCUT2D eigenvalue weighted by Gasteiger charge is -2.29. The third-order valence-corrected chi connectivity index (χ3v) is 4.29. The number of imide groups is 1. The maximum atomic E-state index is 12.2. The van der Waals surface area contributed by atoms with E-state index in [1.165, 1.54) is 0 Å². The highest BCUT2D eigenvalue weighted by Gasteiger charge is 2.35. The highest BCUT2D eigenvalue weighted by atomic mass is 16.5. The molecule has 1 aliphatic carbocycles. The van der Waals surface area contributed by atoms with E-state index in [2.05, 4.69) is 16.0 Å². The molecule has 2 rings (SSSR count). The van der Waals surface area contributed by atoms with Gasteiger partial charge < -0.3 is 15.4 Å². The van der Waals surface area contributed by atoms with Crippen LogP contribution in [0.3, 0.4) is 0 Å². The van der Waals surface area contributed by atoms with Crippen LogP contribution in [0.2, 0.25) is 0 Å². The lowest BCUT2D eigenvalue weighted by molar-refractivity contribution is -0.123. The lowest BCUT2D eigenvalue weighted by Crippen LogP contribution is -2.50. The number of carbonyl (C=O) groups is 3. The average Bonchev–Trinajstić information content (AvgIpc) is 2.82. The highest BCUT2D eigenvalue weighted by Crippen LogP contribution is 2.37. The van der Waals surface area contributed by atoms with E-state index in [1.807, 2.05) is 0 Å². The molecule has 1 atom stereocenters. The Hall–Kier alpha value is -1.63. The van der Waals surface area contributed by atoms with Crippen LogP contribution in [0.15, 0.2) is 0 Å². The van der Waals surface area contributed by atoms with Crippen LogP contribution >= 0.6 is 0 Å². The van der Waals surface area contributed by atoms with Crippen molar-refractivity contribution < 1.29 is 19.1 Å². The van der Waals surface area contributed by atoms with Gasteiger partial charge in [0.15, 0.2) is 0 Å². The van der Waals surface area contributed by atoms with E-state index in [0.29, 0.717) is 19.6 Å². The van der Waals surface area contributed by atoms with E-state index in [1.54, 1.807) is 7.11 Å². The summed E-state index contributed by atoms with van der Waals surface area (Å²) in [5.41, 5.74) is 0.00716. The molecule has 0 radical (unpaired) electrons. The second kappa shape index (κ2) is 6.89. The van der Waals surface area contributed by atoms with E-state index < -0.39 is 12.1 Å². The van der Waals surface area contributed by atoms with Crippen LogP contribution in [-0.2, 0) is 14.3 Å². The van der Waals surface area contributed by atoms with Crippen LogP contribution in [0.4, 0.5) is 4.79 Å². The van der Waals surface area contributed by atoms with Crippen molar-refractivity contribution in [1.82, 2.24) is 16.0 Å². The predicted molar refractivity (Wildman–Crippen MR) is 75.5 cm³/mol. The average molecular weight is 297 g/mol. The van der Waals surface area contributed by atoms with Crippen molar-refractivity contribution in [2.75, 3.05) is 20.3 Å². The zero-order chi connectivity index (χ0) is 15.3. The van der Waals surface area contributed by atoms with Crippen molar-refractivity contribution in [2.45, 2.75) is 44.6 Å². The molecule has 118 valence electrons. The predicted octanol–water partition coefficient (Wildman–Crippen LogP) is 0.298. The number of carbonyl (C=O) groups excluding carboxylic acids is 3. The number of rotatable bonds is 5. The minimum atomic E-state index is -0.655. The molecule has 2 aliphatic rings. The molecule has 0 unspecified atom stereocenters. The SMILES string of the molecule is COCC1(CNC(=O)[C@H]2CCC(=O)NC(=O)N2)CCCC1. The van der Waals surface area contributed by atoms with Crippen LogP contribution in [0.25, 0.3) is 0 Å². The molecule has 7 nitrogen and oxygen atoms in total.